The fourth-order valence-corrected chi connectivity index (χ4v) is 2.61. The number of aromatic nitrogens is 2. The van der Waals surface area contributed by atoms with E-state index in [0.29, 0.717) is 16.7 Å². The van der Waals surface area contributed by atoms with Crippen molar-refractivity contribution in [3.8, 4) is 17.3 Å². The van der Waals surface area contributed by atoms with Gasteiger partial charge in [-0.2, -0.15) is 10.4 Å². The highest BCUT2D eigenvalue weighted by Gasteiger charge is 2.23. The van der Waals surface area contributed by atoms with Crippen LogP contribution in [0.3, 0.4) is 0 Å². The van der Waals surface area contributed by atoms with E-state index in [9.17, 15) is 14.7 Å². The quantitative estimate of drug-likeness (QED) is 0.606. The van der Waals surface area contributed by atoms with E-state index in [2.05, 4.69) is 31.4 Å². The second-order valence-electron chi connectivity index (χ2n) is 5.28. The molecule has 0 aliphatic carbocycles. The first-order valence-corrected chi connectivity index (χ1v) is 8.18. The van der Waals surface area contributed by atoms with Crippen molar-refractivity contribution in [3.63, 3.8) is 0 Å². The normalized spacial score (nSPS) is 10.2. The lowest BCUT2D eigenvalue weighted by Gasteiger charge is -2.05. The van der Waals surface area contributed by atoms with Gasteiger partial charge in [-0.3, -0.25) is 9.89 Å². The van der Waals surface area contributed by atoms with Crippen LogP contribution in [0, 0.1) is 11.3 Å². The molecule has 128 valence electrons. The molecule has 1 aromatic heterocycles. The van der Waals surface area contributed by atoms with Gasteiger partial charge in [-0.05, 0) is 36.4 Å². The molecule has 0 saturated carbocycles. The van der Waals surface area contributed by atoms with E-state index in [4.69, 9.17) is 5.26 Å². The summed E-state index contributed by atoms with van der Waals surface area (Å²) in [5.41, 5.74) is 1.45. The summed E-state index contributed by atoms with van der Waals surface area (Å²) in [6.45, 7) is 0. The Hall–Kier alpha value is -3.44. The van der Waals surface area contributed by atoms with Crippen molar-refractivity contribution < 1.29 is 14.7 Å². The Morgan fingerprint density at radius 3 is 2.35 bits per heavy atom. The number of benzene rings is 2. The van der Waals surface area contributed by atoms with Crippen LogP contribution in [-0.4, -0.2) is 27.2 Å². The van der Waals surface area contributed by atoms with Crippen LogP contribution in [0.15, 0.2) is 53.0 Å². The Morgan fingerprint density at radius 2 is 1.77 bits per heavy atom. The number of nitriles is 1. The Kier molecular flexibility index (Phi) is 4.82. The number of halogens is 1. The van der Waals surface area contributed by atoms with Crippen molar-refractivity contribution in [3.05, 3.63) is 69.7 Å². The first kappa shape index (κ1) is 17.4. The summed E-state index contributed by atoms with van der Waals surface area (Å²) >= 11 is 3.28. The molecule has 0 saturated heterocycles. The number of carboxylic acid groups (broad SMARTS) is 1. The Balaban J connectivity index is 1.94. The first-order chi connectivity index (χ1) is 12.5. The number of rotatable bonds is 4. The lowest BCUT2D eigenvalue weighted by atomic mass is 10.1. The van der Waals surface area contributed by atoms with Crippen LogP contribution in [-0.2, 0) is 0 Å². The fourth-order valence-electron chi connectivity index (χ4n) is 2.34. The lowest BCUT2D eigenvalue weighted by molar-refractivity contribution is 0.0699. The highest BCUT2D eigenvalue weighted by atomic mass is 79.9. The van der Waals surface area contributed by atoms with Crippen LogP contribution < -0.4 is 5.32 Å². The predicted octanol–water partition coefficient (Wildman–Crippen LogP) is 3.66. The number of hydrogen-bond acceptors (Lipinski definition) is 4. The van der Waals surface area contributed by atoms with E-state index < -0.39 is 11.9 Å². The zero-order chi connectivity index (χ0) is 18.7. The molecule has 3 rings (SSSR count). The van der Waals surface area contributed by atoms with Gasteiger partial charge in [0.05, 0.1) is 17.3 Å². The van der Waals surface area contributed by atoms with Gasteiger partial charge < -0.3 is 10.4 Å². The molecule has 3 N–H and O–H groups in total. The summed E-state index contributed by atoms with van der Waals surface area (Å²) in [5, 5.41) is 27.5. The molecule has 1 amide bonds. The monoisotopic (exact) mass is 410 g/mol. The van der Waals surface area contributed by atoms with Gasteiger partial charge in [-0.1, -0.05) is 28.1 Å². The first-order valence-electron chi connectivity index (χ1n) is 7.38. The minimum Gasteiger partial charge on any atom is -0.477 e. The van der Waals surface area contributed by atoms with Crippen molar-refractivity contribution >= 4 is 33.6 Å². The van der Waals surface area contributed by atoms with Crippen LogP contribution in [0.4, 0.5) is 5.82 Å². The van der Waals surface area contributed by atoms with Crippen molar-refractivity contribution in [2.45, 2.75) is 0 Å². The molecule has 0 aliphatic heterocycles. The minimum atomic E-state index is -1.23. The van der Waals surface area contributed by atoms with Crippen LogP contribution in [0.1, 0.15) is 26.3 Å². The average molecular weight is 411 g/mol. The SMILES string of the molecule is N#Cc1ccc(-c2[nH]nc(NC(=O)c3ccc(Br)cc3)c2C(=O)O)cc1. The van der Waals surface area contributed by atoms with Gasteiger partial charge in [0.2, 0.25) is 0 Å². The van der Waals surface area contributed by atoms with Crippen LogP contribution in [0.5, 0.6) is 0 Å². The molecule has 7 nitrogen and oxygen atoms in total. The summed E-state index contributed by atoms with van der Waals surface area (Å²) in [4.78, 5) is 24.0. The van der Waals surface area contributed by atoms with E-state index >= 15 is 0 Å². The molecule has 0 bridgehead atoms. The fraction of sp³-hybridized carbons (Fsp3) is 0. The second-order valence-corrected chi connectivity index (χ2v) is 6.19. The third-order valence-corrected chi connectivity index (χ3v) is 4.15. The molecule has 0 aliphatic rings. The zero-order valence-corrected chi connectivity index (χ0v) is 14.7. The van der Waals surface area contributed by atoms with Crippen LogP contribution in [0.2, 0.25) is 0 Å². The molecule has 0 unspecified atom stereocenters. The number of hydrogen-bond donors (Lipinski definition) is 3. The maximum absolute atomic E-state index is 12.3. The largest absolute Gasteiger partial charge is 0.477 e. The maximum Gasteiger partial charge on any atom is 0.341 e. The smallest absolute Gasteiger partial charge is 0.341 e. The van der Waals surface area contributed by atoms with Crippen LogP contribution >= 0.6 is 15.9 Å². The summed E-state index contributed by atoms with van der Waals surface area (Å²) in [7, 11) is 0. The van der Waals surface area contributed by atoms with E-state index in [-0.39, 0.29) is 17.1 Å². The van der Waals surface area contributed by atoms with Gasteiger partial charge in [0.15, 0.2) is 5.82 Å². The van der Waals surface area contributed by atoms with Crippen LogP contribution in [0.25, 0.3) is 11.3 Å². The summed E-state index contributed by atoms with van der Waals surface area (Å²) in [6.07, 6.45) is 0. The number of nitrogens with one attached hydrogen (secondary N) is 2. The average Bonchev–Trinajstić information content (AvgIpc) is 3.06. The molecule has 0 spiro atoms. The van der Waals surface area contributed by atoms with Crippen molar-refractivity contribution in [1.29, 1.82) is 5.26 Å². The van der Waals surface area contributed by atoms with Gasteiger partial charge >= 0.3 is 5.97 Å². The molecule has 2 aromatic carbocycles. The van der Waals surface area contributed by atoms with Gasteiger partial charge in [-0.15, -0.1) is 0 Å². The number of aromatic amines is 1. The number of carbonyl (C=O) groups is 2. The second kappa shape index (κ2) is 7.21. The van der Waals surface area contributed by atoms with E-state index in [1.165, 1.54) is 0 Å². The number of nitrogens with zero attached hydrogens (tertiary/aromatic N) is 2. The molecule has 0 atom stereocenters. The van der Waals surface area contributed by atoms with Crippen molar-refractivity contribution in [2.24, 2.45) is 0 Å². The van der Waals surface area contributed by atoms with Gasteiger partial charge in [0.25, 0.3) is 5.91 Å². The van der Waals surface area contributed by atoms with E-state index in [0.717, 1.165) is 4.47 Å². The molecule has 0 fully saturated rings. The maximum atomic E-state index is 12.3. The molecule has 0 radical (unpaired) electrons. The number of aromatic carboxylic acids is 1. The number of carbonyl (C=O) groups excluding carboxylic acids is 1. The summed E-state index contributed by atoms with van der Waals surface area (Å²) < 4.78 is 0.822. The molecular weight excluding hydrogens is 400 g/mol. The standard InChI is InChI=1S/C18H11BrN4O3/c19-13-7-5-12(6-8-13)17(24)21-16-14(18(25)26)15(22-23-16)11-3-1-10(9-20)2-4-11/h1-8H,(H,25,26)(H2,21,22,23,24). The molecule has 3 aromatic rings. The topological polar surface area (TPSA) is 119 Å². The Morgan fingerprint density at radius 1 is 1.12 bits per heavy atom. The number of amides is 1. The van der Waals surface area contributed by atoms with Gasteiger partial charge in [0.1, 0.15) is 5.56 Å². The highest BCUT2D eigenvalue weighted by Crippen LogP contribution is 2.27. The Bertz CT molecular complexity index is 1020. The van der Waals surface area contributed by atoms with Crippen molar-refractivity contribution in [2.75, 3.05) is 5.32 Å². The summed E-state index contributed by atoms with van der Waals surface area (Å²) in [6, 6.07) is 15.0. The third kappa shape index (κ3) is 3.48. The highest BCUT2D eigenvalue weighted by molar-refractivity contribution is 9.10. The minimum absolute atomic E-state index is 0.0789. The van der Waals surface area contributed by atoms with Gasteiger partial charge in [-0.25, -0.2) is 4.79 Å². The molecule has 8 heteroatoms. The molecular formula is C18H11BrN4O3. The molecule has 1 heterocycles. The third-order valence-electron chi connectivity index (χ3n) is 3.62. The Labute approximate surface area is 156 Å². The number of anilines is 1. The lowest BCUT2D eigenvalue weighted by Crippen LogP contribution is -2.14. The van der Waals surface area contributed by atoms with Gasteiger partial charge in [0, 0.05) is 15.6 Å². The summed E-state index contributed by atoms with van der Waals surface area (Å²) in [5.74, 6) is -1.79. The number of carboxylic acids is 1. The van der Waals surface area contributed by atoms with Crippen molar-refractivity contribution in [1.82, 2.24) is 10.2 Å². The zero-order valence-electron chi connectivity index (χ0n) is 13.2. The van der Waals surface area contributed by atoms with E-state index in [1.54, 1.807) is 48.5 Å². The predicted molar refractivity (Wildman–Crippen MR) is 97.8 cm³/mol. The molecule has 26 heavy (non-hydrogen) atoms. The number of H-pyrrole nitrogens is 1. The van der Waals surface area contributed by atoms with E-state index in [1.807, 2.05) is 6.07 Å².